The Hall–Kier alpha value is -1.40. The largest absolute Gasteiger partial charge is 0.485 e. The van der Waals surface area contributed by atoms with E-state index < -0.39 is 6.10 Å². The summed E-state index contributed by atoms with van der Waals surface area (Å²) < 4.78 is 11.7. The van der Waals surface area contributed by atoms with E-state index in [0.29, 0.717) is 17.5 Å². The molecule has 0 unspecified atom stereocenters. The molecule has 2 rings (SSSR count). The van der Waals surface area contributed by atoms with Crippen molar-refractivity contribution >= 4 is 15.9 Å². The van der Waals surface area contributed by atoms with Gasteiger partial charge in [-0.15, -0.1) is 0 Å². The summed E-state index contributed by atoms with van der Waals surface area (Å²) in [6, 6.07) is 5.50. The van der Waals surface area contributed by atoms with Crippen LogP contribution in [-0.4, -0.2) is 15.2 Å². The van der Waals surface area contributed by atoms with Gasteiger partial charge in [-0.2, -0.15) is 4.98 Å². The quantitative estimate of drug-likeness (QED) is 0.872. The summed E-state index contributed by atoms with van der Waals surface area (Å²) in [5.74, 6) is 1.75. The van der Waals surface area contributed by atoms with Crippen molar-refractivity contribution in [2.75, 3.05) is 0 Å². The summed E-state index contributed by atoms with van der Waals surface area (Å²) in [6.07, 6.45) is 1.12. The highest BCUT2D eigenvalue weighted by atomic mass is 79.9. The first-order chi connectivity index (χ1) is 9.60. The second-order valence-corrected chi connectivity index (χ2v) is 5.42. The summed E-state index contributed by atoms with van der Waals surface area (Å²) >= 11 is 3.37. The minimum atomic E-state index is -0.608. The number of rotatable bonds is 6. The van der Waals surface area contributed by atoms with Gasteiger partial charge in [0.1, 0.15) is 5.75 Å². The molecule has 20 heavy (non-hydrogen) atoms. The van der Waals surface area contributed by atoms with E-state index in [1.807, 2.05) is 12.1 Å². The normalized spacial score (nSPS) is 12.4. The van der Waals surface area contributed by atoms with E-state index in [1.54, 1.807) is 13.0 Å². The number of benzene rings is 1. The van der Waals surface area contributed by atoms with Crippen molar-refractivity contribution in [1.82, 2.24) is 10.1 Å². The van der Waals surface area contributed by atoms with Crippen LogP contribution in [0.2, 0.25) is 0 Å². The maximum atomic E-state index is 9.75. The number of halogens is 1. The van der Waals surface area contributed by atoms with Crippen molar-refractivity contribution in [1.29, 1.82) is 0 Å². The maximum Gasteiger partial charge on any atom is 0.226 e. The number of aromatic nitrogens is 2. The predicted molar refractivity (Wildman–Crippen MR) is 77.4 cm³/mol. The first kappa shape index (κ1) is 15.0. The van der Waals surface area contributed by atoms with E-state index in [4.69, 9.17) is 9.26 Å². The third-order valence-corrected chi connectivity index (χ3v) is 3.25. The Kier molecular flexibility index (Phi) is 5.14. The van der Waals surface area contributed by atoms with Crippen LogP contribution in [0.4, 0.5) is 0 Å². The van der Waals surface area contributed by atoms with Crippen molar-refractivity contribution in [2.45, 2.75) is 39.4 Å². The van der Waals surface area contributed by atoms with Gasteiger partial charge in [0.25, 0.3) is 0 Å². The molecular formula is C14H17BrN2O3. The van der Waals surface area contributed by atoms with Crippen LogP contribution in [-0.2, 0) is 13.0 Å². The molecule has 0 spiro atoms. The van der Waals surface area contributed by atoms with Crippen LogP contribution in [0.1, 0.15) is 43.7 Å². The fourth-order valence-electron chi connectivity index (χ4n) is 1.78. The molecule has 0 aliphatic heterocycles. The van der Waals surface area contributed by atoms with E-state index >= 15 is 0 Å². The molecule has 5 nitrogen and oxygen atoms in total. The van der Waals surface area contributed by atoms with Crippen molar-refractivity contribution in [2.24, 2.45) is 0 Å². The van der Waals surface area contributed by atoms with E-state index in [1.165, 1.54) is 0 Å². The summed E-state index contributed by atoms with van der Waals surface area (Å²) in [7, 11) is 0. The van der Waals surface area contributed by atoms with E-state index in [-0.39, 0.29) is 6.61 Å². The maximum absolute atomic E-state index is 9.75. The molecule has 0 bridgehead atoms. The Morgan fingerprint density at radius 1 is 1.45 bits per heavy atom. The van der Waals surface area contributed by atoms with Crippen LogP contribution in [0.25, 0.3) is 0 Å². The summed E-state index contributed by atoms with van der Waals surface area (Å²) in [4.78, 5) is 4.23. The molecule has 1 N–H and O–H groups in total. The Labute approximate surface area is 126 Å². The molecule has 2 aromatic rings. The van der Waals surface area contributed by atoms with Gasteiger partial charge in [0.15, 0.2) is 6.61 Å². The average Bonchev–Trinajstić information content (AvgIpc) is 2.85. The van der Waals surface area contributed by atoms with Gasteiger partial charge in [-0.3, -0.25) is 0 Å². The van der Waals surface area contributed by atoms with Gasteiger partial charge in [-0.05, 0) is 31.5 Å². The molecule has 0 aliphatic carbocycles. The minimum absolute atomic E-state index is 0.217. The smallest absolute Gasteiger partial charge is 0.226 e. The topological polar surface area (TPSA) is 68.4 Å². The van der Waals surface area contributed by atoms with Crippen molar-refractivity contribution in [3.8, 4) is 5.75 Å². The second kappa shape index (κ2) is 6.85. The fourth-order valence-corrected chi connectivity index (χ4v) is 2.16. The lowest BCUT2D eigenvalue weighted by Crippen LogP contribution is -2.02. The highest BCUT2D eigenvalue weighted by Crippen LogP contribution is 2.28. The van der Waals surface area contributed by atoms with Crippen molar-refractivity contribution < 1.29 is 14.4 Å². The molecule has 1 aromatic carbocycles. The van der Waals surface area contributed by atoms with Gasteiger partial charge >= 0.3 is 0 Å². The predicted octanol–water partition coefficient (Wildman–Crippen LogP) is 3.42. The minimum Gasteiger partial charge on any atom is -0.485 e. The Bertz CT molecular complexity index is 569. The lowest BCUT2D eigenvalue weighted by molar-refractivity contribution is 0.189. The Morgan fingerprint density at radius 3 is 2.95 bits per heavy atom. The zero-order valence-electron chi connectivity index (χ0n) is 11.5. The molecule has 1 aromatic heterocycles. The summed E-state index contributed by atoms with van der Waals surface area (Å²) in [6.45, 7) is 3.97. The fraction of sp³-hybridized carbons (Fsp3) is 0.429. The van der Waals surface area contributed by atoms with Gasteiger partial charge in [-0.1, -0.05) is 28.0 Å². The summed E-state index contributed by atoms with van der Waals surface area (Å²) in [5.41, 5.74) is 0.719. The molecule has 108 valence electrons. The summed E-state index contributed by atoms with van der Waals surface area (Å²) in [5, 5.41) is 13.6. The standard InChI is InChI=1S/C14H17BrN2O3/c1-3-4-14-16-13(17-20-14)8-19-12-6-5-10(15)7-11(12)9(2)18/h5-7,9,18H,3-4,8H2,1-2H3/t9-/m1/s1. The van der Waals surface area contributed by atoms with Crippen LogP contribution in [0.3, 0.4) is 0 Å². The molecule has 0 amide bonds. The number of nitrogens with zero attached hydrogens (tertiary/aromatic N) is 2. The number of aryl methyl sites for hydroxylation is 1. The molecule has 0 saturated carbocycles. The molecule has 0 fully saturated rings. The second-order valence-electron chi connectivity index (χ2n) is 4.50. The number of hydrogen-bond donors (Lipinski definition) is 1. The zero-order valence-corrected chi connectivity index (χ0v) is 13.1. The highest BCUT2D eigenvalue weighted by Gasteiger charge is 2.12. The van der Waals surface area contributed by atoms with Gasteiger partial charge in [0.2, 0.25) is 11.7 Å². The number of hydrogen-bond acceptors (Lipinski definition) is 5. The van der Waals surface area contributed by atoms with Crippen LogP contribution >= 0.6 is 15.9 Å². The van der Waals surface area contributed by atoms with Gasteiger partial charge in [0.05, 0.1) is 6.10 Å². The molecule has 0 aliphatic rings. The van der Waals surface area contributed by atoms with Gasteiger partial charge in [0, 0.05) is 16.5 Å². The van der Waals surface area contributed by atoms with E-state index in [0.717, 1.165) is 22.9 Å². The first-order valence-electron chi connectivity index (χ1n) is 6.52. The van der Waals surface area contributed by atoms with Gasteiger partial charge in [-0.25, -0.2) is 0 Å². The highest BCUT2D eigenvalue weighted by molar-refractivity contribution is 9.10. The molecule has 1 atom stereocenters. The van der Waals surface area contributed by atoms with Crippen LogP contribution in [0.15, 0.2) is 27.2 Å². The molecular weight excluding hydrogens is 324 g/mol. The first-order valence-corrected chi connectivity index (χ1v) is 7.31. The molecule has 0 radical (unpaired) electrons. The van der Waals surface area contributed by atoms with Crippen molar-refractivity contribution in [3.63, 3.8) is 0 Å². The van der Waals surface area contributed by atoms with Crippen LogP contribution < -0.4 is 4.74 Å². The Morgan fingerprint density at radius 2 is 2.25 bits per heavy atom. The van der Waals surface area contributed by atoms with Crippen LogP contribution in [0.5, 0.6) is 5.75 Å². The number of aliphatic hydroxyl groups excluding tert-OH is 1. The molecule has 6 heteroatoms. The third-order valence-electron chi connectivity index (χ3n) is 2.75. The third kappa shape index (κ3) is 3.80. The lowest BCUT2D eigenvalue weighted by atomic mass is 10.1. The lowest BCUT2D eigenvalue weighted by Gasteiger charge is -2.12. The SMILES string of the molecule is CCCc1nc(COc2ccc(Br)cc2[C@@H](C)O)no1. The molecule has 0 saturated heterocycles. The Balaban J connectivity index is 2.06. The molecule has 1 heterocycles. The zero-order chi connectivity index (χ0) is 14.5. The van der Waals surface area contributed by atoms with Crippen LogP contribution in [0, 0.1) is 0 Å². The van der Waals surface area contributed by atoms with Gasteiger partial charge < -0.3 is 14.4 Å². The average molecular weight is 341 g/mol. The van der Waals surface area contributed by atoms with Crippen molar-refractivity contribution in [3.05, 3.63) is 40.0 Å². The monoisotopic (exact) mass is 340 g/mol. The number of ether oxygens (including phenoxy) is 1. The van der Waals surface area contributed by atoms with E-state index in [2.05, 4.69) is 33.0 Å². The van der Waals surface area contributed by atoms with E-state index in [9.17, 15) is 5.11 Å². The number of aliphatic hydroxyl groups is 1.